The Bertz CT molecular complexity index is 502. The maximum absolute atomic E-state index is 12.4. The number of likely N-dealkylation sites (tertiary alicyclic amines) is 1. The Morgan fingerprint density at radius 1 is 1.57 bits per heavy atom. The summed E-state index contributed by atoms with van der Waals surface area (Å²) in [6, 6.07) is -0.148. The van der Waals surface area contributed by atoms with Gasteiger partial charge in [0.1, 0.15) is 5.01 Å². The second kappa shape index (κ2) is 6.43. The lowest BCUT2D eigenvalue weighted by molar-refractivity contribution is -0.138. The number of nitrogens with zero attached hydrogens (tertiary/aromatic N) is 2. The number of carboxylic acids is 1. The summed E-state index contributed by atoms with van der Waals surface area (Å²) in [4.78, 5) is 29.1. The first-order valence-electron chi connectivity index (χ1n) is 7.07. The Morgan fingerprint density at radius 2 is 2.33 bits per heavy atom. The second-order valence-corrected chi connectivity index (χ2v) is 6.84. The standard InChI is InChI=1S/C14H21N3O3S/c1-14(2,12-15-5-7-21-12)16-13(20)17-6-3-4-10(9-17)8-11(18)19/h5,7,10H,3-4,6,8-9H2,1-2H3,(H,16,20)(H,18,19). The van der Waals surface area contributed by atoms with Crippen molar-refractivity contribution in [1.29, 1.82) is 0 Å². The lowest BCUT2D eigenvalue weighted by atomic mass is 9.95. The highest BCUT2D eigenvalue weighted by atomic mass is 32.1. The molecule has 1 fully saturated rings. The second-order valence-electron chi connectivity index (χ2n) is 5.94. The van der Waals surface area contributed by atoms with Gasteiger partial charge in [0.2, 0.25) is 0 Å². The van der Waals surface area contributed by atoms with E-state index < -0.39 is 11.5 Å². The van der Waals surface area contributed by atoms with Crippen LogP contribution in [0.3, 0.4) is 0 Å². The molecule has 0 aliphatic carbocycles. The maximum atomic E-state index is 12.4. The number of aromatic nitrogens is 1. The Hall–Kier alpha value is -1.63. The van der Waals surface area contributed by atoms with Gasteiger partial charge in [-0.3, -0.25) is 4.79 Å². The number of piperidine rings is 1. The van der Waals surface area contributed by atoms with Gasteiger partial charge in [0.15, 0.2) is 0 Å². The first-order valence-corrected chi connectivity index (χ1v) is 7.95. The van der Waals surface area contributed by atoms with Crippen molar-refractivity contribution in [3.63, 3.8) is 0 Å². The van der Waals surface area contributed by atoms with Gasteiger partial charge in [0, 0.05) is 31.1 Å². The summed E-state index contributed by atoms with van der Waals surface area (Å²) >= 11 is 1.51. The van der Waals surface area contributed by atoms with Crippen LogP contribution >= 0.6 is 11.3 Å². The molecule has 2 heterocycles. The molecule has 2 rings (SSSR count). The Labute approximate surface area is 128 Å². The zero-order chi connectivity index (χ0) is 15.5. The number of aliphatic carboxylic acids is 1. The third-order valence-electron chi connectivity index (χ3n) is 3.66. The van der Waals surface area contributed by atoms with Crippen molar-refractivity contribution in [1.82, 2.24) is 15.2 Å². The quantitative estimate of drug-likeness (QED) is 0.893. The highest BCUT2D eigenvalue weighted by Gasteiger charge is 2.30. The number of amides is 2. The van der Waals surface area contributed by atoms with Gasteiger partial charge in [0.05, 0.1) is 5.54 Å². The summed E-state index contributed by atoms with van der Waals surface area (Å²) < 4.78 is 0. The normalized spacial score (nSPS) is 19.3. The molecule has 2 N–H and O–H groups in total. The molecule has 6 nitrogen and oxygen atoms in total. The van der Waals surface area contributed by atoms with Gasteiger partial charge < -0.3 is 15.3 Å². The van der Waals surface area contributed by atoms with Crippen LogP contribution in [0.5, 0.6) is 0 Å². The minimum Gasteiger partial charge on any atom is -0.481 e. The van der Waals surface area contributed by atoms with E-state index in [4.69, 9.17) is 5.11 Å². The van der Waals surface area contributed by atoms with E-state index in [1.54, 1.807) is 11.1 Å². The van der Waals surface area contributed by atoms with E-state index in [1.165, 1.54) is 11.3 Å². The monoisotopic (exact) mass is 311 g/mol. The van der Waals surface area contributed by atoms with E-state index in [0.717, 1.165) is 17.8 Å². The van der Waals surface area contributed by atoms with Crippen LogP contribution in [0, 0.1) is 5.92 Å². The van der Waals surface area contributed by atoms with Crippen LogP contribution in [0.2, 0.25) is 0 Å². The topological polar surface area (TPSA) is 82.5 Å². The molecule has 1 unspecified atom stereocenters. The van der Waals surface area contributed by atoms with E-state index in [0.29, 0.717) is 13.1 Å². The average Bonchev–Trinajstić information content (AvgIpc) is 2.92. The molecule has 2 amide bonds. The number of rotatable bonds is 4. The molecular weight excluding hydrogens is 290 g/mol. The van der Waals surface area contributed by atoms with Crippen LogP contribution in [0.25, 0.3) is 0 Å². The highest BCUT2D eigenvalue weighted by Crippen LogP contribution is 2.24. The number of carboxylic acid groups (broad SMARTS) is 1. The van der Waals surface area contributed by atoms with Gasteiger partial charge in [-0.05, 0) is 32.6 Å². The van der Waals surface area contributed by atoms with Crippen molar-refractivity contribution >= 4 is 23.3 Å². The fourth-order valence-corrected chi connectivity index (χ4v) is 3.31. The molecule has 116 valence electrons. The molecule has 0 bridgehead atoms. The molecule has 1 aliphatic heterocycles. The summed E-state index contributed by atoms with van der Waals surface area (Å²) in [5, 5.41) is 14.6. The molecule has 1 atom stereocenters. The van der Waals surface area contributed by atoms with Crippen LogP contribution in [0.15, 0.2) is 11.6 Å². The molecule has 1 aromatic heterocycles. The molecular formula is C14H21N3O3S. The number of urea groups is 1. The lowest BCUT2D eigenvalue weighted by Crippen LogP contribution is -2.51. The third-order valence-corrected chi connectivity index (χ3v) is 4.75. The zero-order valence-electron chi connectivity index (χ0n) is 12.3. The molecule has 7 heteroatoms. The van der Waals surface area contributed by atoms with E-state index in [1.807, 2.05) is 19.2 Å². The smallest absolute Gasteiger partial charge is 0.318 e. The Balaban J connectivity index is 1.95. The Kier molecular flexibility index (Phi) is 4.82. The maximum Gasteiger partial charge on any atom is 0.318 e. The van der Waals surface area contributed by atoms with Crippen LogP contribution in [0.4, 0.5) is 4.79 Å². The minimum atomic E-state index is -0.801. The van der Waals surface area contributed by atoms with Crippen LogP contribution in [-0.2, 0) is 10.3 Å². The molecule has 21 heavy (non-hydrogen) atoms. The van der Waals surface area contributed by atoms with Crippen molar-refractivity contribution in [2.45, 2.75) is 38.6 Å². The van der Waals surface area contributed by atoms with Crippen molar-refractivity contribution in [3.8, 4) is 0 Å². The largest absolute Gasteiger partial charge is 0.481 e. The number of hydrogen-bond acceptors (Lipinski definition) is 4. The summed E-state index contributed by atoms with van der Waals surface area (Å²) in [5.41, 5.74) is -0.523. The molecule has 1 saturated heterocycles. The molecule has 0 saturated carbocycles. The number of carbonyl (C=O) groups excluding carboxylic acids is 1. The summed E-state index contributed by atoms with van der Waals surface area (Å²) in [6.07, 6.45) is 3.56. The molecule has 0 aromatic carbocycles. The van der Waals surface area contributed by atoms with Gasteiger partial charge in [-0.2, -0.15) is 0 Å². The SMILES string of the molecule is CC(C)(NC(=O)N1CCCC(CC(=O)O)C1)c1nccs1. The van der Waals surface area contributed by atoms with Crippen molar-refractivity contribution in [2.75, 3.05) is 13.1 Å². The molecule has 0 radical (unpaired) electrons. The highest BCUT2D eigenvalue weighted by molar-refractivity contribution is 7.09. The lowest BCUT2D eigenvalue weighted by Gasteiger charge is -2.35. The molecule has 1 aliphatic rings. The zero-order valence-corrected chi connectivity index (χ0v) is 13.2. The van der Waals surface area contributed by atoms with E-state index in [-0.39, 0.29) is 18.4 Å². The van der Waals surface area contributed by atoms with Crippen molar-refractivity contribution < 1.29 is 14.7 Å². The summed E-state index contributed by atoms with van der Waals surface area (Å²) in [5.74, 6) is -0.754. The van der Waals surface area contributed by atoms with Crippen LogP contribution in [0.1, 0.15) is 38.1 Å². The predicted molar refractivity (Wildman–Crippen MR) is 80.2 cm³/mol. The predicted octanol–water partition coefficient (Wildman–Crippen LogP) is 2.27. The molecule has 0 spiro atoms. The van der Waals surface area contributed by atoms with Crippen molar-refractivity contribution in [2.24, 2.45) is 5.92 Å². The fourth-order valence-electron chi connectivity index (χ4n) is 2.60. The van der Waals surface area contributed by atoms with Crippen LogP contribution in [-0.4, -0.2) is 40.1 Å². The van der Waals surface area contributed by atoms with Gasteiger partial charge in [-0.25, -0.2) is 9.78 Å². The number of hydrogen-bond donors (Lipinski definition) is 2. The van der Waals surface area contributed by atoms with E-state index in [9.17, 15) is 9.59 Å². The Morgan fingerprint density at radius 3 is 2.95 bits per heavy atom. The average molecular weight is 311 g/mol. The fraction of sp³-hybridized carbons (Fsp3) is 0.643. The number of nitrogens with one attached hydrogen (secondary N) is 1. The first kappa shape index (κ1) is 15.8. The van der Waals surface area contributed by atoms with E-state index in [2.05, 4.69) is 10.3 Å². The minimum absolute atomic E-state index is 0.0463. The van der Waals surface area contributed by atoms with Gasteiger partial charge >= 0.3 is 12.0 Å². The van der Waals surface area contributed by atoms with Crippen LogP contribution < -0.4 is 5.32 Å². The van der Waals surface area contributed by atoms with Gasteiger partial charge in [-0.1, -0.05) is 0 Å². The molecule has 1 aromatic rings. The third kappa shape index (κ3) is 4.17. The van der Waals surface area contributed by atoms with Gasteiger partial charge in [0.25, 0.3) is 0 Å². The van der Waals surface area contributed by atoms with Crippen molar-refractivity contribution in [3.05, 3.63) is 16.6 Å². The van der Waals surface area contributed by atoms with Gasteiger partial charge in [-0.15, -0.1) is 11.3 Å². The summed E-state index contributed by atoms with van der Waals surface area (Å²) in [7, 11) is 0. The number of carbonyl (C=O) groups is 2. The first-order chi connectivity index (χ1) is 9.88. The summed E-state index contributed by atoms with van der Waals surface area (Å²) in [6.45, 7) is 5.02. The van der Waals surface area contributed by atoms with E-state index >= 15 is 0 Å². The number of thiazole rings is 1.